The van der Waals surface area contributed by atoms with E-state index in [9.17, 15) is 9.90 Å². The average Bonchev–Trinajstić information content (AvgIpc) is 2.99. The third-order valence-electron chi connectivity index (χ3n) is 3.93. The van der Waals surface area contributed by atoms with Crippen LogP contribution in [0.15, 0.2) is 16.8 Å². The summed E-state index contributed by atoms with van der Waals surface area (Å²) in [6.07, 6.45) is 3.30. The van der Waals surface area contributed by atoms with Crippen molar-refractivity contribution in [3.8, 4) is 0 Å². The molecule has 1 aliphatic carbocycles. The Bertz CT molecular complexity index is 413. The molecule has 4 nitrogen and oxygen atoms in total. The smallest absolute Gasteiger partial charge is 0.238 e. The Morgan fingerprint density at radius 1 is 1.33 bits per heavy atom. The molecule has 0 radical (unpaired) electrons. The number of carbonyl (C=O) groups excluding carboxylic acids is 1. The quantitative estimate of drug-likeness (QED) is 0.852. The van der Waals surface area contributed by atoms with Crippen molar-refractivity contribution < 1.29 is 9.90 Å². The minimum atomic E-state index is -0.175. The molecule has 2 aliphatic rings. The average molecular weight is 266 g/mol. The molecule has 2 N–H and O–H groups in total. The molecule has 1 unspecified atom stereocenters. The molecular formula is C13H18N2O2S. The predicted octanol–water partition coefficient (Wildman–Crippen LogP) is 1.48. The van der Waals surface area contributed by atoms with Crippen LogP contribution in [0.4, 0.5) is 0 Å². The van der Waals surface area contributed by atoms with Crippen LogP contribution in [-0.2, 0) is 4.79 Å². The van der Waals surface area contributed by atoms with E-state index in [2.05, 4.69) is 16.8 Å². The minimum absolute atomic E-state index is 0.0315. The van der Waals surface area contributed by atoms with Gasteiger partial charge >= 0.3 is 0 Å². The zero-order chi connectivity index (χ0) is 12.5. The molecule has 0 aromatic carbocycles. The monoisotopic (exact) mass is 266 g/mol. The highest BCUT2D eigenvalue weighted by molar-refractivity contribution is 7.07. The largest absolute Gasteiger partial charge is 0.393 e. The maximum Gasteiger partial charge on any atom is 0.238 e. The molecule has 1 aliphatic heterocycles. The van der Waals surface area contributed by atoms with Gasteiger partial charge in [0.1, 0.15) is 6.17 Å². The van der Waals surface area contributed by atoms with Gasteiger partial charge in [0.15, 0.2) is 0 Å². The second kappa shape index (κ2) is 4.99. The Kier molecular flexibility index (Phi) is 3.37. The molecule has 0 spiro atoms. The number of nitrogens with one attached hydrogen (secondary N) is 1. The second-order valence-corrected chi connectivity index (χ2v) is 5.88. The minimum Gasteiger partial charge on any atom is -0.393 e. The number of aliphatic hydroxyl groups excluding tert-OH is 1. The summed E-state index contributed by atoms with van der Waals surface area (Å²) in [5.74, 6) is 0.188. The Labute approximate surface area is 111 Å². The molecule has 98 valence electrons. The molecule has 2 fully saturated rings. The van der Waals surface area contributed by atoms with Gasteiger partial charge in [0.05, 0.1) is 12.6 Å². The lowest BCUT2D eigenvalue weighted by Gasteiger charge is -2.36. The van der Waals surface area contributed by atoms with Crippen molar-refractivity contribution in [2.75, 3.05) is 6.54 Å². The molecular weight excluding hydrogens is 248 g/mol. The topological polar surface area (TPSA) is 52.6 Å². The van der Waals surface area contributed by atoms with Gasteiger partial charge < -0.3 is 10.0 Å². The van der Waals surface area contributed by atoms with Gasteiger partial charge in [-0.3, -0.25) is 10.1 Å². The van der Waals surface area contributed by atoms with Crippen molar-refractivity contribution in [1.29, 1.82) is 0 Å². The van der Waals surface area contributed by atoms with Crippen molar-refractivity contribution in [1.82, 2.24) is 10.2 Å². The van der Waals surface area contributed by atoms with Gasteiger partial charge in [0.2, 0.25) is 5.91 Å². The fourth-order valence-corrected chi connectivity index (χ4v) is 3.66. The lowest BCUT2D eigenvalue weighted by atomic mass is 9.91. The SMILES string of the molecule is O=C1CNC(c2ccsc2)N1C1CCC(O)CC1. The first-order chi connectivity index (χ1) is 8.75. The van der Waals surface area contributed by atoms with Crippen molar-refractivity contribution in [3.63, 3.8) is 0 Å². The number of rotatable bonds is 2. The summed E-state index contributed by atoms with van der Waals surface area (Å²) in [4.78, 5) is 14.1. The van der Waals surface area contributed by atoms with Gasteiger partial charge in [-0.15, -0.1) is 0 Å². The van der Waals surface area contributed by atoms with Crippen molar-refractivity contribution >= 4 is 17.2 Å². The molecule has 1 atom stereocenters. The normalized spacial score (nSPS) is 33.1. The van der Waals surface area contributed by atoms with Crippen LogP contribution in [0.2, 0.25) is 0 Å². The third-order valence-corrected chi connectivity index (χ3v) is 4.63. The van der Waals surface area contributed by atoms with E-state index in [1.54, 1.807) is 11.3 Å². The highest BCUT2D eigenvalue weighted by Crippen LogP contribution is 2.32. The van der Waals surface area contributed by atoms with Crippen LogP contribution in [0.1, 0.15) is 37.4 Å². The summed E-state index contributed by atoms with van der Waals surface area (Å²) < 4.78 is 0. The number of carbonyl (C=O) groups is 1. The number of hydrogen-bond donors (Lipinski definition) is 2. The van der Waals surface area contributed by atoms with E-state index in [1.807, 2.05) is 10.3 Å². The van der Waals surface area contributed by atoms with E-state index in [-0.39, 0.29) is 24.2 Å². The van der Waals surface area contributed by atoms with E-state index >= 15 is 0 Å². The number of thiophene rings is 1. The third kappa shape index (κ3) is 2.18. The molecule has 5 heteroatoms. The molecule has 1 aromatic heterocycles. The Hall–Kier alpha value is -0.910. The molecule has 0 bridgehead atoms. The fraction of sp³-hybridized carbons (Fsp3) is 0.615. The maximum absolute atomic E-state index is 12.1. The first kappa shape index (κ1) is 12.1. The van der Waals surface area contributed by atoms with Crippen LogP contribution in [0.3, 0.4) is 0 Å². The van der Waals surface area contributed by atoms with Crippen molar-refractivity contribution in [2.45, 2.75) is 44.0 Å². The summed E-state index contributed by atoms with van der Waals surface area (Å²) in [5, 5.41) is 17.0. The van der Waals surface area contributed by atoms with Crippen LogP contribution < -0.4 is 5.32 Å². The van der Waals surface area contributed by atoms with E-state index in [1.165, 1.54) is 5.56 Å². The molecule has 1 amide bonds. The summed E-state index contributed by atoms with van der Waals surface area (Å²) in [5.41, 5.74) is 1.18. The van der Waals surface area contributed by atoms with E-state index in [0.29, 0.717) is 6.54 Å². The summed E-state index contributed by atoms with van der Waals surface area (Å²) in [6, 6.07) is 2.35. The zero-order valence-corrected chi connectivity index (χ0v) is 11.0. The van der Waals surface area contributed by atoms with Gasteiger partial charge in [-0.1, -0.05) is 0 Å². The van der Waals surface area contributed by atoms with Crippen LogP contribution in [0.5, 0.6) is 0 Å². The first-order valence-corrected chi connectivity index (χ1v) is 7.44. The fourth-order valence-electron chi connectivity index (χ4n) is 2.98. The zero-order valence-electron chi connectivity index (χ0n) is 10.2. The van der Waals surface area contributed by atoms with E-state index in [0.717, 1.165) is 25.7 Å². The molecule has 1 aromatic rings. The first-order valence-electron chi connectivity index (χ1n) is 6.50. The molecule has 1 saturated heterocycles. The molecule has 18 heavy (non-hydrogen) atoms. The van der Waals surface area contributed by atoms with Gasteiger partial charge in [-0.05, 0) is 48.1 Å². The maximum atomic E-state index is 12.1. The Balaban J connectivity index is 1.77. The van der Waals surface area contributed by atoms with E-state index in [4.69, 9.17) is 0 Å². The van der Waals surface area contributed by atoms with E-state index < -0.39 is 0 Å². The number of amides is 1. The van der Waals surface area contributed by atoms with Gasteiger partial charge in [-0.2, -0.15) is 11.3 Å². The van der Waals surface area contributed by atoms with Gasteiger partial charge in [0.25, 0.3) is 0 Å². The van der Waals surface area contributed by atoms with Crippen molar-refractivity contribution in [2.24, 2.45) is 0 Å². The summed E-state index contributed by atoms with van der Waals surface area (Å²) in [7, 11) is 0. The number of hydrogen-bond acceptors (Lipinski definition) is 4. The predicted molar refractivity (Wildman–Crippen MR) is 70.2 cm³/mol. The van der Waals surface area contributed by atoms with Crippen LogP contribution in [0, 0.1) is 0 Å². The molecule has 3 rings (SSSR count). The highest BCUT2D eigenvalue weighted by Gasteiger charge is 2.38. The molecule has 2 heterocycles. The lowest BCUT2D eigenvalue weighted by Crippen LogP contribution is -2.42. The number of aliphatic hydroxyl groups is 1. The summed E-state index contributed by atoms with van der Waals surface area (Å²) >= 11 is 1.66. The lowest BCUT2D eigenvalue weighted by molar-refractivity contribution is -0.131. The highest BCUT2D eigenvalue weighted by atomic mass is 32.1. The standard InChI is InChI=1S/C13H18N2O2S/c16-11-3-1-10(2-4-11)15-12(17)7-14-13(15)9-5-6-18-8-9/h5-6,8,10-11,13-14,16H,1-4,7H2. The van der Waals surface area contributed by atoms with Gasteiger partial charge in [-0.25, -0.2) is 0 Å². The van der Waals surface area contributed by atoms with Crippen LogP contribution in [0.25, 0.3) is 0 Å². The second-order valence-electron chi connectivity index (χ2n) is 5.10. The summed E-state index contributed by atoms with van der Waals surface area (Å²) in [6.45, 7) is 0.430. The van der Waals surface area contributed by atoms with Crippen LogP contribution >= 0.6 is 11.3 Å². The van der Waals surface area contributed by atoms with Gasteiger partial charge in [0, 0.05) is 6.04 Å². The molecule has 1 saturated carbocycles. The Morgan fingerprint density at radius 3 is 2.78 bits per heavy atom. The Morgan fingerprint density at radius 2 is 2.11 bits per heavy atom. The number of nitrogens with zero attached hydrogens (tertiary/aromatic N) is 1. The van der Waals surface area contributed by atoms with Crippen LogP contribution in [-0.4, -0.2) is 34.6 Å². The van der Waals surface area contributed by atoms with Crippen molar-refractivity contribution in [3.05, 3.63) is 22.4 Å².